The van der Waals surface area contributed by atoms with Crippen molar-refractivity contribution in [3.8, 4) is 0 Å². The highest BCUT2D eigenvalue weighted by atomic mass is 35.5. The molecule has 0 aromatic heterocycles. The summed E-state index contributed by atoms with van der Waals surface area (Å²) < 4.78 is 26.9. The van der Waals surface area contributed by atoms with Gasteiger partial charge in [0.05, 0.1) is 11.4 Å². The molecule has 3 rings (SSSR count). The minimum atomic E-state index is -3.54. The molecule has 2 aliphatic rings. The number of halogens is 1. The Kier molecular flexibility index (Phi) is 6.78. The molecule has 150 valence electrons. The van der Waals surface area contributed by atoms with Crippen LogP contribution < -0.4 is 0 Å². The Morgan fingerprint density at radius 1 is 1.15 bits per heavy atom. The van der Waals surface area contributed by atoms with E-state index in [9.17, 15) is 13.2 Å². The summed E-state index contributed by atoms with van der Waals surface area (Å²) >= 11 is 5.84. The molecular formula is C19H28ClN3O3S. The number of carbonyl (C=O) groups is 1. The van der Waals surface area contributed by atoms with Gasteiger partial charge in [-0.05, 0) is 56.0 Å². The van der Waals surface area contributed by atoms with Gasteiger partial charge in [-0.15, -0.1) is 0 Å². The molecular weight excluding hydrogens is 386 g/mol. The van der Waals surface area contributed by atoms with Gasteiger partial charge in [-0.2, -0.15) is 4.31 Å². The number of hydrogen-bond donors (Lipinski definition) is 0. The molecule has 27 heavy (non-hydrogen) atoms. The molecule has 1 aromatic carbocycles. The number of rotatable bonds is 8. The lowest BCUT2D eigenvalue weighted by atomic mass is 10.3. The lowest BCUT2D eigenvalue weighted by Crippen LogP contribution is -2.52. The minimum Gasteiger partial charge on any atom is -0.339 e. The van der Waals surface area contributed by atoms with Crippen LogP contribution in [0.4, 0.5) is 0 Å². The van der Waals surface area contributed by atoms with Crippen molar-refractivity contribution in [2.45, 2.75) is 31.1 Å². The van der Waals surface area contributed by atoms with Crippen LogP contribution in [0, 0.1) is 5.92 Å². The maximum Gasteiger partial charge on any atom is 0.243 e. The maximum absolute atomic E-state index is 12.7. The molecule has 1 aromatic rings. The number of nitrogens with zero attached hydrogens (tertiary/aromatic N) is 3. The van der Waals surface area contributed by atoms with E-state index in [1.807, 2.05) is 0 Å². The fourth-order valence-electron chi connectivity index (χ4n) is 3.44. The van der Waals surface area contributed by atoms with Gasteiger partial charge in [-0.1, -0.05) is 18.5 Å². The Morgan fingerprint density at radius 2 is 1.78 bits per heavy atom. The van der Waals surface area contributed by atoms with Crippen LogP contribution in [0.5, 0.6) is 0 Å². The first-order valence-corrected chi connectivity index (χ1v) is 11.5. The second-order valence-corrected chi connectivity index (χ2v) is 9.79. The summed E-state index contributed by atoms with van der Waals surface area (Å²) in [5, 5.41) is 0.507. The highest BCUT2D eigenvalue weighted by Crippen LogP contribution is 2.29. The Hall–Kier alpha value is -1.15. The second kappa shape index (κ2) is 8.90. The van der Waals surface area contributed by atoms with Crippen molar-refractivity contribution >= 4 is 27.5 Å². The molecule has 0 N–H and O–H groups in total. The number of sulfonamides is 1. The molecule has 0 radical (unpaired) electrons. The average Bonchev–Trinajstić information content (AvgIpc) is 3.46. The van der Waals surface area contributed by atoms with Crippen LogP contribution in [-0.4, -0.2) is 74.2 Å². The lowest BCUT2D eigenvalue weighted by molar-refractivity contribution is -0.133. The van der Waals surface area contributed by atoms with Crippen molar-refractivity contribution < 1.29 is 13.2 Å². The Bertz CT molecular complexity index is 742. The number of amides is 1. The zero-order chi connectivity index (χ0) is 19.4. The fourth-order valence-corrected chi connectivity index (χ4v) is 4.99. The molecule has 0 atom stereocenters. The number of hydrogen-bond acceptors (Lipinski definition) is 4. The predicted octanol–water partition coefficient (Wildman–Crippen LogP) is 2.29. The summed E-state index contributed by atoms with van der Waals surface area (Å²) in [5.41, 5.74) is 0. The predicted molar refractivity (Wildman–Crippen MR) is 106 cm³/mol. The summed E-state index contributed by atoms with van der Waals surface area (Å²) in [7, 11) is -3.54. The molecule has 1 amide bonds. The van der Waals surface area contributed by atoms with Crippen molar-refractivity contribution in [2.24, 2.45) is 5.92 Å². The smallest absolute Gasteiger partial charge is 0.243 e. The quantitative estimate of drug-likeness (QED) is 0.656. The van der Waals surface area contributed by atoms with Crippen LogP contribution in [0.3, 0.4) is 0 Å². The van der Waals surface area contributed by atoms with Gasteiger partial charge in [0, 0.05) is 37.7 Å². The summed E-state index contributed by atoms with van der Waals surface area (Å²) in [6.07, 6.45) is 3.58. The standard InChI is InChI=1S/C19H28ClN3O3S/c1-2-9-21(14-16-3-4-16)15-19(24)22-10-12-23(13-11-22)27(25,26)18-7-5-17(20)6-8-18/h5-8,16H,2-4,9-15H2,1H3. The van der Waals surface area contributed by atoms with Gasteiger partial charge in [-0.3, -0.25) is 9.69 Å². The molecule has 6 nitrogen and oxygen atoms in total. The third kappa shape index (κ3) is 5.44. The van der Waals surface area contributed by atoms with Crippen LogP contribution in [0.2, 0.25) is 5.02 Å². The van der Waals surface area contributed by atoms with Gasteiger partial charge in [0.25, 0.3) is 0 Å². The first-order chi connectivity index (χ1) is 12.9. The minimum absolute atomic E-state index is 0.104. The first-order valence-electron chi connectivity index (χ1n) is 9.66. The van der Waals surface area contributed by atoms with Crippen LogP contribution in [0.1, 0.15) is 26.2 Å². The molecule has 1 heterocycles. The second-order valence-electron chi connectivity index (χ2n) is 7.42. The molecule has 0 bridgehead atoms. The van der Waals surface area contributed by atoms with E-state index in [4.69, 9.17) is 11.6 Å². The molecule has 1 aliphatic carbocycles. The SMILES string of the molecule is CCCN(CC(=O)N1CCN(S(=O)(=O)c2ccc(Cl)cc2)CC1)CC1CC1. The summed E-state index contributed by atoms with van der Waals surface area (Å²) in [4.78, 5) is 16.9. The van der Waals surface area contributed by atoms with Gasteiger partial charge >= 0.3 is 0 Å². The van der Waals surface area contributed by atoms with Gasteiger partial charge in [-0.25, -0.2) is 8.42 Å². The highest BCUT2D eigenvalue weighted by molar-refractivity contribution is 7.89. The molecule has 1 saturated carbocycles. The molecule has 1 saturated heterocycles. The third-order valence-electron chi connectivity index (χ3n) is 5.15. The normalized spacial score (nSPS) is 18.9. The molecule has 0 unspecified atom stereocenters. The van der Waals surface area contributed by atoms with E-state index in [1.54, 1.807) is 17.0 Å². The monoisotopic (exact) mass is 413 g/mol. The van der Waals surface area contributed by atoms with E-state index in [-0.39, 0.29) is 10.8 Å². The Labute approximate surface area is 167 Å². The van der Waals surface area contributed by atoms with Gasteiger partial charge in [0.15, 0.2) is 0 Å². The van der Waals surface area contributed by atoms with Crippen LogP contribution in [0.15, 0.2) is 29.2 Å². The van der Waals surface area contributed by atoms with Gasteiger partial charge in [0.1, 0.15) is 0 Å². The van der Waals surface area contributed by atoms with E-state index < -0.39 is 10.0 Å². The van der Waals surface area contributed by atoms with Crippen LogP contribution >= 0.6 is 11.6 Å². The van der Waals surface area contributed by atoms with Crippen molar-refractivity contribution in [3.05, 3.63) is 29.3 Å². The summed E-state index contributed by atoms with van der Waals surface area (Å²) in [5.74, 6) is 0.860. The van der Waals surface area contributed by atoms with Crippen molar-refractivity contribution in [1.82, 2.24) is 14.1 Å². The topological polar surface area (TPSA) is 60.9 Å². The molecule has 2 fully saturated rings. The fraction of sp³-hybridized carbons (Fsp3) is 0.632. The van der Waals surface area contributed by atoms with E-state index in [0.717, 1.165) is 25.4 Å². The summed E-state index contributed by atoms with van der Waals surface area (Å²) in [6, 6.07) is 6.21. The van der Waals surface area contributed by atoms with Gasteiger partial charge < -0.3 is 4.90 Å². The highest BCUT2D eigenvalue weighted by Gasteiger charge is 2.31. The number of carbonyl (C=O) groups excluding carboxylic acids is 1. The third-order valence-corrected chi connectivity index (χ3v) is 7.32. The van der Waals surface area contributed by atoms with Crippen LogP contribution in [-0.2, 0) is 14.8 Å². The first kappa shape index (κ1) is 20.6. The lowest BCUT2D eigenvalue weighted by Gasteiger charge is -2.35. The number of piperazine rings is 1. The van der Waals surface area contributed by atoms with E-state index in [1.165, 1.54) is 29.3 Å². The zero-order valence-electron chi connectivity index (χ0n) is 15.8. The van der Waals surface area contributed by atoms with E-state index in [2.05, 4.69) is 11.8 Å². The van der Waals surface area contributed by atoms with Gasteiger partial charge in [0.2, 0.25) is 15.9 Å². The van der Waals surface area contributed by atoms with Crippen LogP contribution in [0.25, 0.3) is 0 Å². The largest absolute Gasteiger partial charge is 0.339 e. The average molecular weight is 414 g/mol. The molecule has 0 spiro atoms. The Balaban J connectivity index is 1.54. The number of benzene rings is 1. The van der Waals surface area contributed by atoms with Crippen molar-refractivity contribution in [3.63, 3.8) is 0 Å². The van der Waals surface area contributed by atoms with E-state index in [0.29, 0.717) is 37.7 Å². The van der Waals surface area contributed by atoms with Crippen molar-refractivity contribution in [2.75, 3.05) is 45.8 Å². The Morgan fingerprint density at radius 3 is 2.33 bits per heavy atom. The molecule has 1 aliphatic heterocycles. The van der Waals surface area contributed by atoms with Crippen molar-refractivity contribution in [1.29, 1.82) is 0 Å². The molecule has 8 heteroatoms. The summed E-state index contributed by atoms with van der Waals surface area (Å²) in [6.45, 7) is 6.04. The zero-order valence-corrected chi connectivity index (χ0v) is 17.4. The van der Waals surface area contributed by atoms with E-state index >= 15 is 0 Å². The maximum atomic E-state index is 12.7.